The van der Waals surface area contributed by atoms with Gasteiger partial charge in [0, 0.05) is 5.57 Å². The Morgan fingerprint density at radius 2 is 1.70 bits per heavy atom. The average Bonchev–Trinajstić information content (AvgIpc) is 2.71. The van der Waals surface area contributed by atoms with Gasteiger partial charge in [0.05, 0.1) is 10.8 Å². The normalized spacial score (nSPS) is 30.5. The Hall–Kier alpha value is -1.90. The minimum absolute atomic E-state index is 0.0256. The Morgan fingerprint density at radius 3 is 2.30 bits per heavy atom. The van der Waals surface area contributed by atoms with Crippen molar-refractivity contribution >= 4 is 11.6 Å². The van der Waals surface area contributed by atoms with Crippen LogP contribution in [0.3, 0.4) is 0 Å². The molecule has 0 aromatic heterocycles. The first kappa shape index (κ1) is 24.2. The summed E-state index contributed by atoms with van der Waals surface area (Å²) in [5.41, 5.74) is 2.46. The fourth-order valence-electron chi connectivity index (χ4n) is 6.92. The Bertz CT molecular complexity index is 1020. The molecular weight excluding hydrogens is 408 g/mol. The lowest BCUT2D eigenvalue weighted by Gasteiger charge is -2.53. The zero-order chi connectivity index (χ0) is 24.5. The van der Waals surface area contributed by atoms with Crippen molar-refractivity contribution in [2.24, 2.45) is 28.6 Å². The summed E-state index contributed by atoms with van der Waals surface area (Å²) in [5, 5.41) is 0. The number of carbonyl (C=O) groups is 2. The molecule has 0 bridgehead atoms. The zero-order valence-electron chi connectivity index (χ0n) is 22.1. The third kappa shape index (κ3) is 3.61. The quantitative estimate of drug-likeness (QED) is 0.455. The number of aryl methyl sites for hydroxylation is 1. The van der Waals surface area contributed by atoms with Crippen LogP contribution in [-0.2, 0) is 19.9 Å². The van der Waals surface area contributed by atoms with E-state index in [1.807, 2.05) is 13.8 Å². The summed E-state index contributed by atoms with van der Waals surface area (Å²) in [5.74, 6) is 2.24. The van der Waals surface area contributed by atoms with Gasteiger partial charge in [0.15, 0.2) is 11.6 Å². The molecule has 3 aliphatic rings. The van der Waals surface area contributed by atoms with E-state index in [4.69, 9.17) is 4.74 Å². The summed E-state index contributed by atoms with van der Waals surface area (Å²) in [7, 11) is 0. The molecule has 1 aromatic carbocycles. The van der Waals surface area contributed by atoms with Gasteiger partial charge in [-0.25, -0.2) is 0 Å². The number of Topliss-reactive ketones (excluding diaryl/α,β-unsaturated/α-hetero) is 2. The first-order chi connectivity index (χ1) is 15.2. The molecule has 3 atom stereocenters. The minimum atomic E-state index is -1.00. The van der Waals surface area contributed by atoms with Crippen LogP contribution in [0, 0.1) is 35.5 Å². The highest BCUT2D eigenvalue weighted by Crippen LogP contribution is 2.59. The van der Waals surface area contributed by atoms with E-state index in [0.29, 0.717) is 23.5 Å². The fourth-order valence-corrected chi connectivity index (χ4v) is 6.92. The summed E-state index contributed by atoms with van der Waals surface area (Å²) in [6.07, 6.45) is 3.75. The number of hydrogen-bond acceptors (Lipinski definition) is 3. The highest BCUT2D eigenvalue weighted by molar-refractivity contribution is 6.19. The standard InChI is InChI=1S/C30H42O3/c1-17(2)14-20-16-30(13-12-21(18(3)4)22-15-19(5)10-11-23(22)30)33-26-24(20)25(31)28(6,7)27(32)29(26,8)9/h10-11,15,17-18,20-21H,12-14,16H2,1-9H3/t20-,21-,30-/m0/s1. The van der Waals surface area contributed by atoms with Crippen LogP contribution in [0.2, 0.25) is 0 Å². The number of fused-ring (bicyclic) bond motifs is 2. The Kier molecular flexibility index (Phi) is 5.74. The van der Waals surface area contributed by atoms with Crippen molar-refractivity contribution in [1.29, 1.82) is 0 Å². The van der Waals surface area contributed by atoms with Crippen molar-refractivity contribution in [3.63, 3.8) is 0 Å². The van der Waals surface area contributed by atoms with Crippen LogP contribution in [0.25, 0.3) is 0 Å². The van der Waals surface area contributed by atoms with Crippen LogP contribution in [0.15, 0.2) is 29.5 Å². The predicted octanol–water partition coefficient (Wildman–Crippen LogP) is 7.26. The van der Waals surface area contributed by atoms with Gasteiger partial charge in [-0.1, -0.05) is 51.5 Å². The lowest BCUT2D eigenvalue weighted by molar-refractivity contribution is -0.153. The van der Waals surface area contributed by atoms with E-state index in [1.54, 1.807) is 13.8 Å². The lowest BCUT2D eigenvalue weighted by Crippen LogP contribution is -2.55. The Morgan fingerprint density at radius 1 is 1.03 bits per heavy atom. The molecule has 33 heavy (non-hydrogen) atoms. The molecule has 0 saturated heterocycles. The molecule has 1 heterocycles. The molecule has 0 fully saturated rings. The molecule has 1 spiro atoms. The van der Waals surface area contributed by atoms with Crippen molar-refractivity contribution in [3.05, 3.63) is 46.2 Å². The summed E-state index contributed by atoms with van der Waals surface area (Å²) in [6.45, 7) is 18.7. The molecule has 3 heteroatoms. The highest BCUT2D eigenvalue weighted by atomic mass is 16.5. The zero-order valence-corrected chi connectivity index (χ0v) is 22.1. The molecule has 0 radical (unpaired) electrons. The van der Waals surface area contributed by atoms with Crippen LogP contribution in [-0.4, -0.2) is 11.6 Å². The monoisotopic (exact) mass is 450 g/mol. The molecule has 0 unspecified atom stereocenters. The third-order valence-electron chi connectivity index (χ3n) is 8.56. The number of carbonyl (C=O) groups excluding carboxylic acids is 2. The molecule has 0 N–H and O–H groups in total. The molecule has 3 nitrogen and oxygen atoms in total. The van der Waals surface area contributed by atoms with Crippen molar-refractivity contribution in [2.45, 2.75) is 99.5 Å². The van der Waals surface area contributed by atoms with E-state index in [-0.39, 0.29) is 17.5 Å². The number of benzene rings is 1. The Labute approximate surface area is 200 Å². The van der Waals surface area contributed by atoms with Gasteiger partial charge in [0.2, 0.25) is 0 Å². The average molecular weight is 451 g/mol. The largest absolute Gasteiger partial charge is 0.485 e. The van der Waals surface area contributed by atoms with Crippen molar-refractivity contribution in [3.8, 4) is 0 Å². The van der Waals surface area contributed by atoms with E-state index in [9.17, 15) is 9.59 Å². The van der Waals surface area contributed by atoms with Gasteiger partial charge in [-0.15, -0.1) is 0 Å². The molecule has 0 amide bonds. The van der Waals surface area contributed by atoms with Crippen molar-refractivity contribution < 1.29 is 14.3 Å². The van der Waals surface area contributed by atoms with E-state index in [2.05, 4.69) is 52.8 Å². The maximum Gasteiger partial charge on any atom is 0.175 e. The van der Waals surface area contributed by atoms with Crippen LogP contribution in [0.1, 0.15) is 104 Å². The van der Waals surface area contributed by atoms with E-state index >= 15 is 0 Å². The molecule has 180 valence electrons. The molecule has 1 aromatic rings. The number of rotatable bonds is 3. The van der Waals surface area contributed by atoms with Crippen LogP contribution >= 0.6 is 0 Å². The van der Waals surface area contributed by atoms with Gasteiger partial charge in [-0.2, -0.15) is 0 Å². The maximum absolute atomic E-state index is 13.7. The number of hydrogen-bond donors (Lipinski definition) is 0. The second kappa shape index (κ2) is 7.82. The van der Waals surface area contributed by atoms with Gasteiger partial charge >= 0.3 is 0 Å². The number of allylic oxidation sites excluding steroid dienone is 2. The van der Waals surface area contributed by atoms with Gasteiger partial charge < -0.3 is 4.74 Å². The topological polar surface area (TPSA) is 43.4 Å². The first-order valence-corrected chi connectivity index (χ1v) is 12.9. The molecular formula is C30H42O3. The van der Waals surface area contributed by atoms with Gasteiger partial charge in [0.25, 0.3) is 0 Å². The van der Waals surface area contributed by atoms with E-state index < -0.39 is 16.4 Å². The van der Waals surface area contributed by atoms with Crippen molar-refractivity contribution in [2.75, 3.05) is 0 Å². The summed E-state index contributed by atoms with van der Waals surface area (Å²) in [4.78, 5) is 27.2. The third-order valence-corrected chi connectivity index (χ3v) is 8.56. The second-order valence-electron chi connectivity index (χ2n) is 12.8. The van der Waals surface area contributed by atoms with Crippen LogP contribution < -0.4 is 0 Å². The molecule has 4 rings (SSSR count). The summed E-state index contributed by atoms with van der Waals surface area (Å²) in [6, 6.07) is 6.80. The first-order valence-electron chi connectivity index (χ1n) is 12.9. The number of ketones is 2. The molecule has 2 aliphatic carbocycles. The molecule has 0 saturated carbocycles. The van der Waals surface area contributed by atoms with Gasteiger partial charge in [-0.3, -0.25) is 9.59 Å². The predicted molar refractivity (Wildman–Crippen MR) is 133 cm³/mol. The van der Waals surface area contributed by atoms with Gasteiger partial charge in [0.1, 0.15) is 11.4 Å². The lowest BCUT2D eigenvalue weighted by atomic mass is 9.57. The molecule has 1 aliphatic heterocycles. The maximum atomic E-state index is 13.7. The highest BCUT2D eigenvalue weighted by Gasteiger charge is 2.60. The summed E-state index contributed by atoms with van der Waals surface area (Å²) < 4.78 is 7.01. The number of ether oxygens (including phenoxy) is 1. The summed E-state index contributed by atoms with van der Waals surface area (Å²) >= 11 is 0. The van der Waals surface area contributed by atoms with Crippen molar-refractivity contribution in [1.82, 2.24) is 0 Å². The second-order valence-corrected chi connectivity index (χ2v) is 12.8. The van der Waals surface area contributed by atoms with E-state index in [1.165, 1.54) is 16.7 Å². The van der Waals surface area contributed by atoms with Gasteiger partial charge in [-0.05, 0) is 95.1 Å². The van der Waals surface area contributed by atoms with E-state index in [0.717, 1.165) is 31.3 Å². The van der Waals surface area contributed by atoms with Crippen LogP contribution in [0.5, 0.6) is 0 Å². The Balaban J connectivity index is 1.94. The fraction of sp³-hybridized carbons (Fsp3) is 0.667. The smallest absolute Gasteiger partial charge is 0.175 e. The SMILES string of the molecule is Cc1ccc2c(c1)[C@H](C(C)C)CC[C@]21C[C@H](CC(C)C)C2=C(O1)C(C)(C)C(=O)C(C)(C)C2=O. The minimum Gasteiger partial charge on any atom is -0.485 e. The van der Waals surface area contributed by atoms with Crippen LogP contribution in [0.4, 0.5) is 0 Å².